The molecule has 1 nitrogen and oxygen atoms in total. The predicted molar refractivity (Wildman–Crippen MR) is 40.9 cm³/mol. The van der Waals surface area contributed by atoms with E-state index in [1.807, 2.05) is 0 Å². The van der Waals surface area contributed by atoms with Crippen LogP contribution in [0.4, 0.5) is 4.39 Å². The van der Waals surface area contributed by atoms with Crippen LogP contribution in [0.5, 0.6) is 5.75 Å². The number of para-hydroxylation sites is 1. The molecule has 57 valence electrons. The molecule has 0 spiro atoms. The molecule has 0 atom stereocenters. The van der Waals surface area contributed by atoms with E-state index in [1.165, 1.54) is 6.07 Å². The Balaban J connectivity index is 2.69. The first kappa shape index (κ1) is 7.79. The summed E-state index contributed by atoms with van der Waals surface area (Å²) in [5, 5.41) is 0. The number of benzene rings is 1. The average Bonchev–Trinajstić information content (AvgIpc) is 2.03. The lowest BCUT2D eigenvalue weighted by molar-refractivity contribution is 0.341. The molecule has 0 aliphatic carbocycles. The van der Waals surface area contributed by atoms with Gasteiger partial charge in [0.2, 0.25) is 0 Å². The molecule has 0 saturated heterocycles. The zero-order valence-corrected chi connectivity index (χ0v) is 6.01. The van der Waals surface area contributed by atoms with Crippen molar-refractivity contribution in [3.8, 4) is 5.75 Å². The normalized spacial score (nSPS) is 9.18. The van der Waals surface area contributed by atoms with Gasteiger partial charge in [-0.1, -0.05) is 24.8 Å². The highest BCUT2D eigenvalue weighted by atomic mass is 19.1. The van der Waals surface area contributed by atoms with E-state index in [2.05, 4.69) is 12.6 Å². The van der Waals surface area contributed by atoms with Gasteiger partial charge in [-0.05, 0) is 6.07 Å². The minimum Gasteiger partial charge on any atom is -0.486 e. The molecule has 0 unspecified atom stereocenters. The molecule has 2 heteroatoms. The van der Waals surface area contributed by atoms with Crippen LogP contribution >= 0.6 is 0 Å². The number of rotatable bonds is 3. The van der Waals surface area contributed by atoms with E-state index in [4.69, 9.17) is 4.74 Å². The first-order valence-electron chi connectivity index (χ1n) is 3.24. The van der Waals surface area contributed by atoms with Crippen LogP contribution in [0.2, 0.25) is 0 Å². The molecule has 0 heterocycles. The summed E-state index contributed by atoms with van der Waals surface area (Å²) in [6.07, 6.45) is 1.56. The largest absolute Gasteiger partial charge is 0.486 e. The van der Waals surface area contributed by atoms with Gasteiger partial charge in [0.05, 0.1) is 0 Å². The first-order valence-corrected chi connectivity index (χ1v) is 3.24. The summed E-state index contributed by atoms with van der Waals surface area (Å²) in [5.41, 5.74) is 0. The van der Waals surface area contributed by atoms with Crippen molar-refractivity contribution in [1.82, 2.24) is 0 Å². The average molecular weight is 151 g/mol. The highest BCUT2D eigenvalue weighted by Crippen LogP contribution is 2.13. The smallest absolute Gasteiger partial charge is 0.165 e. The molecule has 0 fully saturated rings. The molecule has 0 aromatic heterocycles. The quantitative estimate of drug-likeness (QED) is 0.601. The lowest BCUT2D eigenvalue weighted by atomic mass is 10.3. The molecule has 1 rings (SSSR count). The monoisotopic (exact) mass is 151 g/mol. The van der Waals surface area contributed by atoms with Crippen LogP contribution in [0.3, 0.4) is 0 Å². The number of halogens is 1. The van der Waals surface area contributed by atoms with Crippen LogP contribution in [-0.4, -0.2) is 6.61 Å². The van der Waals surface area contributed by atoms with Gasteiger partial charge in [0.1, 0.15) is 6.61 Å². The maximum Gasteiger partial charge on any atom is 0.165 e. The van der Waals surface area contributed by atoms with Crippen molar-refractivity contribution in [2.75, 3.05) is 6.61 Å². The fourth-order valence-electron chi connectivity index (χ4n) is 0.654. The second-order valence-electron chi connectivity index (χ2n) is 1.95. The van der Waals surface area contributed by atoms with Gasteiger partial charge < -0.3 is 4.74 Å². The summed E-state index contributed by atoms with van der Waals surface area (Å²) >= 11 is 0. The second kappa shape index (κ2) is 3.76. The molecule has 1 radical (unpaired) electrons. The minimum atomic E-state index is -0.394. The molecule has 0 saturated carbocycles. The van der Waals surface area contributed by atoms with Crippen LogP contribution in [0, 0.1) is 11.9 Å². The van der Waals surface area contributed by atoms with E-state index in [-0.39, 0.29) is 5.75 Å². The van der Waals surface area contributed by atoms with Crippen molar-refractivity contribution in [2.24, 2.45) is 0 Å². The van der Waals surface area contributed by atoms with Crippen LogP contribution in [-0.2, 0) is 0 Å². The minimum absolute atomic E-state index is 0.146. The summed E-state index contributed by atoms with van der Waals surface area (Å²) in [6.45, 7) is 3.75. The Morgan fingerprint density at radius 3 is 3.18 bits per heavy atom. The molecule has 0 bridgehead atoms. The first-order chi connectivity index (χ1) is 5.34. The Labute approximate surface area is 65.1 Å². The van der Waals surface area contributed by atoms with Gasteiger partial charge in [-0.3, -0.25) is 0 Å². The molecule has 1 aromatic carbocycles. The number of hydrogen-bond acceptors (Lipinski definition) is 1. The highest BCUT2D eigenvalue weighted by molar-refractivity contribution is 5.22. The molecular formula is C9H8FO. The predicted octanol–water partition coefficient (Wildman–Crippen LogP) is 2.19. The lowest BCUT2D eigenvalue weighted by Gasteiger charge is -2.01. The Hall–Kier alpha value is -1.31. The summed E-state index contributed by atoms with van der Waals surface area (Å²) < 4.78 is 17.7. The van der Waals surface area contributed by atoms with E-state index in [9.17, 15) is 4.39 Å². The molecule has 0 aliphatic rings. The second-order valence-corrected chi connectivity index (χ2v) is 1.95. The van der Waals surface area contributed by atoms with Gasteiger partial charge in [0.15, 0.2) is 11.6 Å². The SMILES string of the molecule is C=CCOc1[c]cccc1F. The van der Waals surface area contributed by atoms with Crippen molar-refractivity contribution >= 4 is 0 Å². The zero-order valence-electron chi connectivity index (χ0n) is 6.01. The van der Waals surface area contributed by atoms with Crippen molar-refractivity contribution in [2.45, 2.75) is 0 Å². The van der Waals surface area contributed by atoms with Crippen molar-refractivity contribution < 1.29 is 9.13 Å². The van der Waals surface area contributed by atoms with Crippen LogP contribution in [0.1, 0.15) is 0 Å². The molecule has 0 aliphatic heterocycles. The Morgan fingerprint density at radius 1 is 1.73 bits per heavy atom. The Kier molecular flexibility index (Phi) is 2.66. The van der Waals surface area contributed by atoms with E-state index in [0.29, 0.717) is 6.61 Å². The van der Waals surface area contributed by atoms with Gasteiger partial charge in [-0.2, -0.15) is 0 Å². The third kappa shape index (κ3) is 2.08. The van der Waals surface area contributed by atoms with Gasteiger partial charge in [-0.25, -0.2) is 4.39 Å². The van der Waals surface area contributed by atoms with Crippen LogP contribution in [0.15, 0.2) is 30.9 Å². The number of hydrogen-bond donors (Lipinski definition) is 0. The maximum absolute atomic E-state index is 12.7. The van der Waals surface area contributed by atoms with Gasteiger partial charge in [0.25, 0.3) is 0 Å². The molecule has 1 aromatic rings. The Bertz CT molecular complexity index is 245. The fourth-order valence-corrected chi connectivity index (χ4v) is 0.654. The summed E-state index contributed by atoms with van der Waals surface area (Å²) in [5.74, 6) is -0.248. The van der Waals surface area contributed by atoms with Crippen LogP contribution in [0.25, 0.3) is 0 Å². The van der Waals surface area contributed by atoms with E-state index in [1.54, 1.807) is 18.2 Å². The van der Waals surface area contributed by atoms with Crippen LogP contribution < -0.4 is 4.74 Å². The van der Waals surface area contributed by atoms with Crippen molar-refractivity contribution in [3.05, 3.63) is 42.7 Å². The third-order valence-electron chi connectivity index (χ3n) is 1.12. The maximum atomic E-state index is 12.7. The van der Waals surface area contributed by atoms with E-state index >= 15 is 0 Å². The standard InChI is InChI=1S/C9H8FO/c1-2-7-11-9-6-4-3-5-8(9)10/h2-5H,1,7H2. The zero-order chi connectivity index (χ0) is 8.10. The summed E-state index contributed by atoms with van der Waals surface area (Å²) in [4.78, 5) is 0. The molecule has 0 amide bonds. The van der Waals surface area contributed by atoms with E-state index in [0.717, 1.165) is 0 Å². The van der Waals surface area contributed by atoms with Gasteiger partial charge >= 0.3 is 0 Å². The fraction of sp³-hybridized carbons (Fsp3) is 0.111. The van der Waals surface area contributed by atoms with E-state index < -0.39 is 5.82 Å². The molecule has 0 N–H and O–H groups in total. The third-order valence-corrected chi connectivity index (χ3v) is 1.12. The number of ether oxygens (including phenoxy) is 1. The van der Waals surface area contributed by atoms with Gasteiger partial charge in [-0.15, -0.1) is 0 Å². The highest BCUT2D eigenvalue weighted by Gasteiger charge is 1.98. The van der Waals surface area contributed by atoms with Crippen molar-refractivity contribution in [1.29, 1.82) is 0 Å². The molecular weight excluding hydrogens is 143 g/mol. The molecule has 11 heavy (non-hydrogen) atoms. The lowest BCUT2D eigenvalue weighted by Crippen LogP contribution is -1.94. The van der Waals surface area contributed by atoms with Crippen molar-refractivity contribution in [3.63, 3.8) is 0 Å². The summed E-state index contributed by atoms with van der Waals surface area (Å²) in [6, 6.07) is 7.12. The topological polar surface area (TPSA) is 9.23 Å². The Morgan fingerprint density at radius 2 is 2.55 bits per heavy atom. The summed E-state index contributed by atoms with van der Waals surface area (Å²) in [7, 11) is 0. The van der Waals surface area contributed by atoms with Gasteiger partial charge in [0, 0.05) is 6.07 Å².